The lowest BCUT2D eigenvalue weighted by Crippen LogP contribution is -2.09. The third-order valence-electron chi connectivity index (χ3n) is 1.52. The Morgan fingerprint density at radius 1 is 1.45 bits per heavy atom. The molecule has 0 aromatic carbocycles. The van der Waals surface area contributed by atoms with Crippen molar-refractivity contribution in [2.24, 2.45) is 0 Å². The minimum atomic E-state index is -0.753. The van der Waals surface area contributed by atoms with Crippen molar-refractivity contribution in [3.8, 4) is 0 Å². The standard InChI is InChI=1S/C7H5FN2O/c8-5-3-4-1-2-9-6(4)10-7(5)11/h1-3H,(H2,9,10,11). The van der Waals surface area contributed by atoms with Crippen LogP contribution in [-0.2, 0) is 0 Å². The highest BCUT2D eigenvalue weighted by molar-refractivity contribution is 5.74. The summed E-state index contributed by atoms with van der Waals surface area (Å²) < 4.78 is 12.6. The monoisotopic (exact) mass is 152 g/mol. The van der Waals surface area contributed by atoms with Crippen molar-refractivity contribution in [2.75, 3.05) is 0 Å². The molecule has 0 bridgehead atoms. The van der Waals surface area contributed by atoms with Crippen molar-refractivity contribution in [3.63, 3.8) is 0 Å². The number of hydrogen-bond donors (Lipinski definition) is 2. The van der Waals surface area contributed by atoms with Gasteiger partial charge in [0.25, 0.3) is 5.56 Å². The van der Waals surface area contributed by atoms with Gasteiger partial charge in [-0.25, -0.2) is 4.39 Å². The van der Waals surface area contributed by atoms with Crippen molar-refractivity contribution < 1.29 is 4.39 Å². The zero-order valence-electron chi connectivity index (χ0n) is 5.52. The van der Waals surface area contributed by atoms with E-state index < -0.39 is 11.4 Å². The zero-order valence-corrected chi connectivity index (χ0v) is 5.52. The van der Waals surface area contributed by atoms with E-state index >= 15 is 0 Å². The first-order valence-electron chi connectivity index (χ1n) is 3.13. The quantitative estimate of drug-likeness (QED) is 0.581. The van der Waals surface area contributed by atoms with E-state index in [1.165, 1.54) is 6.07 Å². The first kappa shape index (κ1) is 6.15. The van der Waals surface area contributed by atoms with Crippen LogP contribution in [0.15, 0.2) is 23.1 Å². The molecule has 0 unspecified atom stereocenters. The molecule has 2 aromatic heterocycles. The molecular weight excluding hydrogens is 147 g/mol. The molecule has 0 aliphatic rings. The molecule has 0 radical (unpaired) electrons. The number of nitrogens with one attached hydrogen (secondary N) is 2. The molecule has 11 heavy (non-hydrogen) atoms. The normalized spacial score (nSPS) is 10.6. The number of rotatable bonds is 0. The van der Waals surface area contributed by atoms with E-state index in [0.29, 0.717) is 11.0 Å². The Bertz CT molecular complexity index is 443. The van der Waals surface area contributed by atoms with Crippen LogP contribution in [0.5, 0.6) is 0 Å². The maximum Gasteiger partial charge on any atom is 0.285 e. The van der Waals surface area contributed by atoms with Gasteiger partial charge >= 0.3 is 0 Å². The summed E-state index contributed by atoms with van der Waals surface area (Å²) in [5.41, 5.74) is -0.142. The molecule has 0 atom stereocenters. The van der Waals surface area contributed by atoms with Gasteiger partial charge in [-0.2, -0.15) is 0 Å². The molecule has 2 heterocycles. The molecule has 0 saturated heterocycles. The Balaban J connectivity index is 2.97. The van der Waals surface area contributed by atoms with Crippen LogP contribution in [0.1, 0.15) is 0 Å². The van der Waals surface area contributed by atoms with Gasteiger partial charge in [-0.05, 0) is 12.1 Å². The number of pyridine rings is 1. The van der Waals surface area contributed by atoms with Gasteiger partial charge in [0.15, 0.2) is 5.82 Å². The van der Waals surface area contributed by atoms with E-state index in [-0.39, 0.29) is 0 Å². The molecule has 2 rings (SSSR count). The van der Waals surface area contributed by atoms with Gasteiger partial charge in [0.05, 0.1) is 0 Å². The van der Waals surface area contributed by atoms with Crippen LogP contribution in [-0.4, -0.2) is 9.97 Å². The van der Waals surface area contributed by atoms with E-state index in [1.54, 1.807) is 12.3 Å². The molecule has 2 N–H and O–H groups in total. The molecular formula is C7H5FN2O. The Morgan fingerprint density at radius 3 is 3.09 bits per heavy atom. The number of aromatic amines is 2. The number of H-pyrrole nitrogens is 2. The van der Waals surface area contributed by atoms with Gasteiger partial charge in [-0.15, -0.1) is 0 Å². The first-order chi connectivity index (χ1) is 5.27. The summed E-state index contributed by atoms with van der Waals surface area (Å²) >= 11 is 0. The lowest BCUT2D eigenvalue weighted by atomic mass is 10.3. The highest BCUT2D eigenvalue weighted by Gasteiger charge is 2.00. The molecule has 4 heteroatoms. The van der Waals surface area contributed by atoms with E-state index in [1.807, 2.05) is 0 Å². The molecule has 56 valence electrons. The van der Waals surface area contributed by atoms with Crippen molar-refractivity contribution in [2.45, 2.75) is 0 Å². The second-order valence-electron chi connectivity index (χ2n) is 2.25. The second-order valence-corrected chi connectivity index (χ2v) is 2.25. The average Bonchev–Trinajstić information content (AvgIpc) is 2.36. The van der Waals surface area contributed by atoms with Crippen LogP contribution < -0.4 is 5.56 Å². The second kappa shape index (κ2) is 1.95. The largest absolute Gasteiger partial charge is 0.348 e. The number of aromatic nitrogens is 2. The molecule has 0 amide bonds. The van der Waals surface area contributed by atoms with E-state index in [4.69, 9.17) is 0 Å². The highest BCUT2D eigenvalue weighted by atomic mass is 19.1. The fourth-order valence-corrected chi connectivity index (χ4v) is 0.985. The van der Waals surface area contributed by atoms with Gasteiger partial charge in [0.1, 0.15) is 5.65 Å². The van der Waals surface area contributed by atoms with Gasteiger partial charge in [0, 0.05) is 11.6 Å². The molecule has 2 aromatic rings. The van der Waals surface area contributed by atoms with Crippen molar-refractivity contribution >= 4 is 11.0 Å². The molecule has 3 nitrogen and oxygen atoms in total. The Morgan fingerprint density at radius 2 is 2.27 bits per heavy atom. The summed E-state index contributed by atoms with van der Waals surface area (Å²) in [6, 6.07) is 2.89. The summed E-state index contributed by atoms with van der Waals surface area (Å²) in [6.07, 6.45) is 1.64. The molecule has 0 spiro atoms. The van der Waals surface area contributed by atoms with Crippen LogP contribution in [0.2, 0.25) is 0 Å². The minimum absolute atomic E-state index is 0.552. The summed E-state index contributed by atoms with van der Waals surface area (Å²) in [7, 11) is 0. The predicted molar refractivity (Wildman–Crippen MR) is 38.9 cm³/mol. The average molecular weight is 152 g/mol. The van der Waals surface area contributed by atoms with Gasteiger partial charge in [0.2, 0.25) is 0 Å². The van der Waals surface area contributed by atoms with Crippen LogP contribution in [0.4, 0.5) is 4.39 Å². The molecule has 0 fully saturated rings. The third kappa shape index (κ3) is 0.832. The number of halogens is 1. The Hall–Kier alpha value is -1.58. The van der Waals surface area contributed by atoms with Crippen LogP contribution in [0.3, 0.4) is 0 Å². The topological polar surface area (TPSA) is 48.6 Å². The van der Waals surface area contributed by atoms with E-state index in [2.05, 4.69) is 9.97 Å². The fraction of sp³-hybridized carbons (Fsp3) is 0. The van der Waals surface area contributed by atoms with Crippen molar-refractivity contribution in [1.82, 2.24) is 9.97 Å². The Labute approximate surface area is 60.9 Å². The van der Waals surface area contributed by atoms with E-state index in [9.17, 15) is 9.18 Å². The van der Waals surface area contributed by atoms with Crippen LogP contribution in [0, 0.1) is 5.82 Å². The summed E-state index contributed by atoms with van der Waals surface area (Å²) in [6.45, 7) is 0. The van der Waals surface area contributed by atoms with Crippen molar-refractivity contribution in [1.29, 1.82) is 0 Å². The molecule has 0 aliphatic carbocycles. The molecule has 0 aliphatic heterocycles. The lowest BCUT2D eigenvalue weighted by molar-refractivity contribution is 0.612. The Kier molecular flexibility index (Phi) is 1.09. The zero-order chi connectivity index (χ0) is 7.84. The lowest BCUT2D eigenvalue weighted by Gasteiger charge is -1.88. The van der Waals surface area contributed by atoms with Crippen LogP contribution in [0.25, 0.3) is 11.0 Å². The maximum atomic E-state index is 12.6. The van der Waals surface area contributed by atoms with Crippen molar-refractivity contribution in [3.05, 3.63) is 34.5 Å². The summed E-state index contributed by atoms with van der Waals surface area (Å²) in [4.78, 5) is 15.8. The summed E-state index contributed by atoms with van der Waals surface area (Å²) in [5.74, 6) is -0.753. The minimum Gasteiger partial charge on any atom is -0.348 e. The SMILES string of the molecule is O=c1[nH]c2[nH]ccc2cc1F. The predicted octanol–water partition coefficient (Wildman–Crippen LogP) is 0.995. The van der Waals surface area contributed by atoms with Gasteiger partial charge < -0.3 is 9.97 Å². The first-order valence-corrected chi connectivity index (χ1v) is 3.13. The van der Waals surface area contributed by atoms with Gasteiger partial charge in [-0.3, -0.25) is 4.79 Å². The third-order valence-corrected chi connectivity index (χ3v) is 1.52. The van der Waals surface area contributed by atoms with E-state index in [0.717, 1.165) is 0 Å². The van der Waals surface area contributed by atoms with Gasteiger partial charge in [-0.1, -0.05) is 0 Å². The summed E-state index contributed by atoms with van der Waals surface area (Å²) in [5, 5.41) is 0.669. The van der Waals surface area contributed by atoms with Crippen LogP contribution >= 0.6 is 0 Å². The number of fused-ring (bicyclic) bond motifs is 1. The maximum absolute atomic E-state index is 12.6. The molecule has 0 saturated carbocycles. The fourth-order valence-electron chi connectivity index (χ4n) is 0.985. The number of hydrogen-bond acceptors (Lipinski definition) is 1. The highest BCUT2D eigenvalue weighted by Crippen LogP contribution is 2.06. The smallest absolute Gasteiger partial charge is 0.285 e.